The van der Waals surface area contributed by atoms with Gasteiger partial charge in [0, 0.05) is 6.20 Å². The second kappa shape index (κ2) is 4.52. The quantitative estimate of drug-likeness (QED) is 0.754. The Labute approximate surface area is 123 Å². The van der Waals surface area contributed by atoms with Crippen LogP contribution in [0.25, 0.3) is 0 Å². The fraction of sp³-hybridized carbons (Fsp3) is 0.235. The lowest BCUT2D eigenvalue weighted by molar-refractivity contribution is 0.0925. The maximum Gasteiger partial charge on any atom is 0.267 e. The Morgan fingerprint density at radius 3 is 2.05 bits per heavy atom. The number of carbonyl (C=O) groups excluding carboxylic acids is 2. The van der Waals surface area contributed by atoms with E-state index >= 15 is 0 Å². The monoisotopic (exact) mass is 280 g/mol. The molecule has 106 valence electrons. The number of hydrogen-bond donors (Lipinski definition) is 0. The Hall–Kier alpha value is -2.49. The van der Waals surface area contributed by atoms with E-state index in [-0.39, 0.29) is 17.2 Å². The standard InChI is InChI=1S/C17H16N2O2/c1-17(2,3)11-8-9-18-14(10-11)19-15(20)12-6-4-5-7-13(12)16(19)21/h4-10H,1-3H3. The van der Waals surface area contributed by atoms with Gasteiger partial charge in [0.15, 0.2) is 0 Å². The van der Waals surface area contributed by atoms with Gasteiger partial charge in [-0.25, -0.2) is 9.88 Å². The highest BCUT2D eigenvalue weighted by Gasteiger charge is 2.37. The van der Waals surface area contributed by atoms with Crippen molar-refractivity contribution in [3.05, 3.63) is 59.3 Å². The van der Waals surface area contributed by atoms with E-state index in [2.05, 4.69) is 25.8 Å². The number of nitrogens with zero attached hydrogens (tertiary/aromatic N) is 2. The largest absolute Gasteiger partial charge is 0.268 e. The lowest BCUT2D eigenvalue weighted by Gasteiger charge is -2.21. The summed E-state index contributed by atoms with van der Waals surface area (Å²) in [6.45, 7) is 6.23. The van der Waals surface area contributed by atoms with Crippen molar-refractivity contribution >= 4 is 17.6 Å². The average molecular weight is 280 g/mol. The highest BCUT2D eigenvalue weighted by molar-refractivity contribution is 6.34. The van der Waals surface area contributed by atoms with Gasteiger partial charge in [0.05, 0.1) is 11.1 Å². The molecule has 1 aliphatic heterocycles. The Balaban J connectivity index is 2.08. The summed E-state index contributed by atoms with van der Waals surface area (Å²) >= 11 is 0. The van der Waals surface area contributed by atoms with Crippen LogP contribution in [-0.4, -0.2) is 16.8 Å². The molecule has 4 heteroatoms. The summed E-state index contributed by atoms with van der Waals surface area (Å²) in [5.41, 5.74) is 1.83. The van der Waals surface area contributed by atoms with Crippen LogP contribution >= 0.6 is 0 Å². The molecule has 0 saturated heterocycles. The van der Waals surface area contributed by atoms with E-state index < -0.39 is 0 Å². The second-order valence-electron chi connectivity index (χ2n) is 6.14. The molecule has 0 unspecified atom stereocenters. The van der Waals surface area contributed by atoms with Crippen molar-refractivity contribution in [1.29, 1.82) is 0 Å². The molecule has 0 spiro atoms. The van der Waals surface area contributed by atoms with Crippen molar-refractivity contribution < 1.29 is 9.59 Å². The summed E-state index contributed by atoms with van der Waals surface area (Å²) in [5, 5.41) is 0. The molecule has 1 aromatic heterocycles. The highest BCUT2D eigenvalue weighted by atomic mass is 16.2. The number of hydrogen-bond acceptors (Lipinski definition) is 3. The van der Waals surface area contributed by atoms with Gasteiger partial charge in [-0.05, 0) is 35.2 Å². The van der Waals surface area contributed by atoms with E-state index in [4.69, 9.17) is 0 Å². The molecule has 2 aromatic rings. The molecule has 0 aliphatic carbocycles. The Morgan fingerprint density at radius 1 is 0.952 bits per heavy atom. The molecular weight excluding hydrogens is 264 g/mol. The molecule has 2 amide bonds. The van der Waals surface area contributed by atoms with Gasteiger partial charge in [-0.15, -0.1) is 0 Å². The van der Waals surface area contributed by atoms with Crippen LogP contribution in [0.4, 0.5) is 5.82 Å². The normalized spacial score (nSPS) is 14.5. The van der Waals surface area contributed by atoms with E-state index in [1.54, 1.807) is 30.5 Å². The minimum atomic E-state index is -0.311. The third-order valence-corrected chi connectivity index (χ3v) is 3.63. The zero-order chi connectivity index (χ0) is 15.2. The Kier molecular flexibility index (Phi) is 2.90. The molecule has 0 atom stereocenters. The predicted molar refractivity (Wildman–Crippen MR) is 80.5 cm³/mol. The number of anilines is 1. The fourth-order valence-electron chi connectivity index (χ4n) is 2.40. The minimum Gasteiger partial charge on any atom is -0.268 e. The van der Waals surface area contributed by atoms with E-state index in [9.17, 15) is 9.59 Å². The van der Waals surface area contributed by atoms with Crippen molar-refractivity contribution in [2.24, 2.45) is 0 Å². The molecular formula is C17H16N2O2. The number of pyridine rings is 1. The van der Waals surface area contributed by atoms with Crippen LogP contribution in [-0.2, 0) is 5.41 Å². The van der Waals surface area contributed by atoms with Crippen LogP contribution in [0.15, 0.2) is 42.6 Å². The van der Waals surface area contributed by atoms with Crippen molar-refractivity contribution in [2.75, 3.05) is 4.90 Å². The van der Waals surface area contributed by atoms with Crippen LogP contribution in [0.1, 0.15) is 47.1 Å². The summed E-state index contributed by atoms with van der Waals surface area (Å²) in [7, 11) is 0. The summed E-state index contributed by atoms with van der Waals surface area (Å²) in [4.78, 5) is 30.2. The van der Waals surface area contributed by atoms with Crippen LogP contribution in [0.3, 0.4) is 0 Å². The van der Waals surface area contributed by atoms with Gasteiger partial charge in [-0.3, -0.25) is 9.59 Å². The third-order valence-electron chi connectivity index (χ3n) is 3.63. The number of amides is 2. The summed E-state index contributed by atoms with van der Waals surface area (Å²) in [6.07, 6.45) is 1.64. The van der Waals surface area contributed by atoms with Crippen LogP contribution in [0.2, 0.25) is 0 Å². The zero-order valence-electron chi connectivity index (χ0n) is 12.3. The van der Waals surface area contributed by atoms with E-state index in [1.807, 2.05) is 12.1 Å². The number of imide groups is 1. The SMILES string of the molecule is CC(C)(C)c1ccnc(N2C(=O)c3ccccc3C2=O)c1. The summed E-state index contributed by atoms with van der Waals surface area (Å²) < 4.78 is 0. The van der Waals surface area contributed by atoms with Crippen molar-refractivity contribution in [3.8, 4) is 0 Å². The van der Waals surface area contributed by atoms with Gasteiger partial charge < -0.3 is 0 Å². The number of benzene rings is 1. The van der Waals surface area contributed by atoms with Crippen LogP contribution < -0.4 is 4.90 Å². The maximum atomic E-state index is 12.4. The smallest absolute Gasteiger partial charge is 0.267 e. The maximum absolute atomic E-state index is 12.4. The van der Waals surface area contributed by atoms with Crippen molar-refractivity contribution in [3.63, 3.8) is 0 Å². The Bertz CT molecular complexity index is 709. The number of rotatable bonds is 1. The molecule has 0 saturated carbocycles. The number of aromatic nitrogens is 1. The van der Waals surface area contributed by atoms with E-state index in [1.165, 1.54) is 0 Å². The van der Waals surface area contributed by atoms with E-state index in [0.29, 0.717) is 16.9 Å². The molecule has 21 heavy (non-hydrogen) atoms. The minimum absolute atomic E-state index is 0.0731. The lowest BCUT2D eigenvalue weighted by Crippen LogP contribution is -2.30. The number of fused-ring (bicyclic) bond motifs is 1. The Morgan fingerprint density at radius 2 is 1.52 bits per heavy atom. The topological polar surface area (TPSA) is 50.3 Å². The molecule has 0 bridgehead atoms. The summed E-state index contributed by atoms with van der Waals surface area (Å²) in [6, 6.07) is 10.6. The highest BCUT2D eigenvalue weighted by Crippen LogP contribution is 2.30. The lowest BCUT2D eigenvalue weighted by atomic mass is 9.88. The van der Waals surface area contributed by atoms with Gasteiger partial charge >= 0.3 is 0 Å². The first kappa shape index (κ1) is 13.5. The van der Waals surface area contributed by atoms with Crippen LogP contribution in [0.5, 0.6) is 0 Å². The van der Waals surface area contributed by atoms with Gasteiger partial charge in [0.2, 0.25) is 0 Å². The first-order valence-corrected chi connectivity index (χ1v) is 6.84. The van der Waals surface area contributed by atoms with Gasteiger partial charge in [0.25, 0.3) is 11.8 Å². The second-order valence-corrected chi connectivity index (χ2v) is 6.14. The average Bonchev–Trinajstić information content (AvgIpc) is 2.71. The van der Waals surface area contributed by atoms with Crippen molar-refractivity contribution in [1.82, 2.24) is 4.98 Å². The number of carbonyl (C=O) groups is 2. The molecule has 0 N–H and O–H groups in total. The van der Waals surface area contributed by atoms with Crippen molar-refractivity contribution in [2.45, 2.75) is 26.2 Å². The molecule has 0 fully saturated rings. The van der Waals surface area contributed by atoms with Crippen LogP contribution in [0, 0.1) is 0 Å². The third kappa shape index (κ3) is 2.13. The van der Waals surface area contributed by atoms with Gasteiger partial charge in [-0.2, -0.15) is 0 Å². The molecule has 0 radical (unpaired) electrons. The molecule has 4 nitrogen and oxygen atoms in total. The molecule has 3 rings (SSSR count). The first-order valence-electron chi connectivity index (χ1n) is 6.84. The molecule has 2 heterocycles. The molecule has 1 aromatic carbocycles. The zero-order valence-corrected chi connectivity index (χ0v) is 12.3. The molecule has 1 aliphatic rings. The van der Waals surface area contributed by atoms with E-state index in [0.717, 1.165) is 10.5 Å². The first-order chi connectivity index (χ1) is 9.89. The van der Waals surface area contributed by atoms with Gasteiger partial charge in [-0.1, -0.05) is 32.9 Å². The van der Waals surface area contributed by atoms with Gasteiger partial charge in [0.1, 0.15) is 5.82 Å². The fourth-order valence-corrected chi connectivity index (χ4v) is 2.40. The predicted octanol–water partition coefficient (Wildman–Crippen LogP) is 3.18. The summed E-state index contributed by atoms with van der Waals surface area (Å²) in [5.74, 6) is -0.239.